The van der Waals surface area contributed by atoms with Crippen LogP contribution in [0.5, 0.6) is 0 Å². The van der Waals surface area contributed by atoms with Crippen molar-refractivity contribution in [1.29, 1.82) is 0 Å². The molecule has 0 heterocycles. The van der Waals surface area contributed by atoms with E-state index in [4.69, 9.17) is 11.5 Å². The maximum absolute atomic E-state index is 5.80. The van der Waals surface area contributed by atoms with Gasteiger partial charge in [0.05, 0.1) is 9.26 Å². The second-order valence-corrected chi connectivity index (χ2v) is 3.71. The summed E-state index contributed by atoms with van der Waals surface area (Å²) < 4.78 is 0.964. The number of hydrogen-bond acceptors (Lipinski definition) is 2. The average Bonchev–Trinajstić information content (AvgIpc) is 1.97. The van der Waals surface area contributed by atoms with Crippen molar-refractivity contribution in [1.82, 2.24) is 0 Å². The van der Waals surface area contributed by atoms with Crippen molar-refractivity contribution in [3.63, 3.8) is 0 Å². The van der Waals surface area contributed by atoms with Crippen LogP contribution in [-0.4, -0.2) is 0 Å². The molecule has 0 aliphatic carbocycles. The number of anilines is 2. The van der Waals surface area contributed by atoms with E-state index >= 15 is 0 Å². The van der Waals surface area contributed by atoms with E-state index in [1.165, 1.54) is 0 Å². The predicted molar refractivity (Wildman–Crippen MR) is 57.5 cm³/mol. The van der Waals surface area contributed by atoms with Gasteiger partial charge in [-0.2, -0.15) is 0 Å². The molecule has 0 saturated carbocycles. The third-order valence-corrected chi connectivity index (χ3v) is 3.06. The Morgan fingerprint density at radius 1 is 1.27 bits per heavy atom. The number of nitrogens with two attached hydrogens (primary N) is 2. The number of nitrogen functional groups attached to an aromatic ring is 2. The summed E-state index contributed by atoms with van der Waals surface area (Å²) in [7, 11) is 0. The Balaban J connectivity index is 3.46. The number of rotatable bonds is 0. The summed E-state index contributed by atoms with van der Waals surface area (Å²) in [5, 5.41) is 0. The molecule has 0 amide bonds. The Morgan fingerprint density at radius 3 is 2.36 bits per heavy atom. The average molecular weight is 262 g/mol. The molecule has 0 spiro atoms. The van der Waals surface area contributed by atoms with E-state index in [9.17, 15) is 0 Å². The summed E-state index contributed by atoms with van der Waals surface area (Å²) in [5.74, 6) is 0. The van der Waals surface area contributed by atoms with Gasteiger partial charge in [0.15, 0.2) is 0 Å². The smallest absolute Gasteiger partial charge is 0.0592 e. The number of benzene rings is 1. The van der Waals surface area contributed by atoms with Gasteiger partial charge < -0.3 is 11.5 Å². The molecule has 60 valence electrons. The maximum atomic E-state index is 5.80. The van der Waals surface area contributed by atoms with E-state index < -0.39 is 0 Å². The van der Waals surface area contributed by atoms with Crippen LogP contribution in [0.15, 0.2) is 6.07 Å². The molecular weight excluding hydrogens is 251 g/mol. The number of halogens is 1. The minimum absolute atomic E-state index is 0.770. The molecule has 0 radical (unpaired) electrons. The topological polar surface area (TPSA) is 52.0 Å². The van der Waals surface area contributed by atoms with Crippen LogP contribution in [0.4, 0.5) is 11.4 Å². The van der Waals surface area contributed by atoms with Gasteiger partial charge in [0.2, 0.25) is 0 Å². The van der Waals surface area contributed by atoms with Gasteiger partial charge in [-0.1, -0.05) is 0 Å². The SMILES string of the molecule is Cc1cc(N)c(I)c(N)c1C. The molecule has 1 aromatic rings. The first-order chi connectivity index (χ1) is 5.04. The van der Waals surface area contributed by atoms with Crippen molar-refractivity contribution in [3.8, 4) is 0 Å². The lowest BCUT2D eigenvalue weighted by Gasteiger charge is -2.08. The molecule has 0 atom stereocenters. The normalized spacial score (nSPS) is 10.1. The fourth-order valence-corrected chi connectivity index (χ4v) is 1.50. The molecule has 4 N–H and O–H groups in total. The van der Waals surface area contributed by atoms with Crippen molar-refractivity contribution in [3.05, 3.63) is 20.8 Å². The number of aryl methyl sites for hydroxylation is 1. The second kappa shape index (κ2) is 2.89. The van der Waals surface area contributed by atoms with Gasteiger partial charge in [-0.3, -0.25) is 0 Å². The zero-order valence-corrected chi connectivity index (χ0v) is 8.77. The van der Waals surface area contributed by atoms with Gasteiger partial charge in [0, 0.05) is 5.69 Å². The molecule has 0 aliphatic rings. The van der Waals surface area contributed by atoms with Gasteiger partial charge in [0.25, 0.3) is 0 Å². The van der Waals surface area contributed by atoms with E-state index in [-0.39, 0.29) is 0 Å². The summed E-state index contributed by atoms with van der Waals surface area (Å²) in [5.41, 5.74) is 15.4. The van der Waals surface area contributed by atoms with Gasteiger partial charge in [-0.25, -0.2) is 0 Å². The minimum Gasteiger partial charge on any atom is -0.398 e. The van der Waals surface area contributed by atoms with Crippen LogP contribution in [0.2, 0.25) is 0 Å². The fourth-order valence-electron chi connectivity index (χ4n) is 0.937. The zero-order chi connectivity index (χ0) is 8.59. The highest BCUT2D eigenvalue weighted by molar-refractivity contribution is 14.1. The highest BCUT2D eigenvalue weighted by atomic mass is 127. The molecule has 0 aliphatic heterocycles. The highest BCUT2D eigenvalue weighted by Crippen LogP contribution is 2.27. The summed E-state index contributed by atoms with van der Waals surface area (Å²) in [6.07, 6.45) is 0. The first-order valence-corrected chi connectivity index (χ1v) is 4.42. The Kier molecular flexibility index (Phi) is 2.27. The van der Waals surface area contributed by atoms with E-state index in [2.05, 4.69) is 22.6 Å². The minimum atomic E-state index is 0.770. The zero-order valence-electron chi connectivity index (χ0n) is 6.61. The molecular formula is C8H11IN2. The third kappa shape index (κ3) is 1.42. The molecule has 0 fully saturated rings. The van der Waals surface area contributed by atoms with Crippen LogP contribution >= 0.6 is 22.6 Å². The molecule has 0 aromatic heterocycles. The standard InChI is InChI=1S/C8H11IN2/c1-4-3-6(10)7(9)8(11)5(4)2/h3H,10-11H2,1-2H3. The fraction of sp³-hybridized carbons (Fsp3) is 0.250. The summed E-state index contributed by atoms with van der Waals surface area (Å²) >= 11 is 2.16. The van der Waals surface area contributed by atoms with E-state index in [0.717, 1.165) is 26.1 Å². The lowest BCUT2D eigenvalue weighted by Crippen LogP contribution is -2.00. The van der Waals surface area contributed by atoms with Crippen LogP contribution in [0.25, 0.3) is 0 Å². The highest BCUT2D eigenvalue weighted by Gasteiger charge is 2.05. The molecule has 11 heavy (non-hydrogen) atoms. The first-order valence-electron chi connectivity index (χ1n) is 3.34. The quantitative estimate of drug-likeness (QED) is 0.555. The van der Waals surface area contributed by atoms with E-state index in [1.807, 2.05) is 19.9 Å². The largest absolute Gasteiger partial charge is 0.398 e. The lowest BCUT2D eigenvalue weighted by atomic mass is 10.1. The van der Waals surface area contributed by atoms with Crippen molar-refractivity contribution in [2.75, 3.05) is 11.5 Å². The Hall–Kier alpha value is -0.450. The van der Waals surface area contributed by atoms with Gasteiger partial charge in [0.1, 0.15) is 0 Å². The van der Waals surface area contributed by atoms with Crippen LogP contribution < -0.4 is 11.5 Å². The summed E-state index contributed by atoms with van der Waals surface area (Å²) in [6.45, 7) is 4.02. The third-order valence-electron chi connectivity index (χ3n) is 1.86. The molecule has 1 rings (SSSR count). The Morgan fingerprint density at radius 2 is 1.82 bits per heavy atom. The molecule has 0 bridgehead atoms. The van der Waals surface area contributed by atoms with E-state index in [0.29, 0.717) is 0 Å². The van der Waals surface area contributed by atoms with Crippen molar-refractivity contribution < 1.29 is 0 Å². The van der Waals surface area contributed by atoms with Crippen molar-refractivity contribution in [2.24, 2.45) is 0 Å². The van der Waals surface area contributed by atoms with Crippen LogP contribution in [0.3, 0.4) is 0 Å². The Bertz CT molecular complexity index is 268. The van der Waals surface area contributed by atoms with E-state index in [1.54, 1.807) is 0 Å². The monoisotopic (exact) mass is 262 g/mol. The summed E-state index contributed by atoms with van der Waals surface area (Å²) in [6, 6.07) is 1.95. The van der Waals surface area contributed by atoms with Crippen LogP contribution in [0.1, 0.15) is 11.1 Å². The van der Waals surface area contributed by atoms with Gasteiger partial charge >= 0.3 is 0 Å². The number of hydrogen-bond donors (Lipinski definition) is 2. The van der Waals surface area contributed by atoms with Gasteiger partial charge in [-0.15, -0.1) is 0 Å². The van der Waals surface area contributed by atoms with Crippen LogP contribution in [-0.2, 0) is 0 Å². The van der Waals surface area contributed by atoms with Gasteiger partial charge in [-0.05, 0) is 53.6 Å². The Labute approximate surface area is 80.1 Å². The molecule has 3 heteroatoms. The molecule has 1 aromatic carbocycles. The molecule has 0 saturated heterocycles. The van der Waals surface area contributed by atoms with Crippen molar-refractivity contribution in [2.45, 2.75) is 13.8 Å². The molecule has 2 nitrogen and oxygen atoms in total. The lowest BCUT2D eigenvalue weighted by molar-refractivity contribution is 1.33. The molecule has 0 unspecified atom stereocenters. The summed E-state index contributed by atoms with van der Waals surface area (Å²) in [4.78, 5) is 0. The van der Waals surface area contributed by atoms with Crippen molar-refractivity contribution >= 4 is 34.0 Å². The van der Waals surface area contributed by atoms with Crippen LogP contribution in [0, 0.1) is 17.4 Å². The second-order valence-electron chi connectivity index (χ2n) is 2.64. The first kappa shape index (κ1) is 8.64. The maximum Gasteiger partial charge on any atom is 0.0592 e. The predicted octanol–water partition coefficient (Wildman–Crippen LogP) is 2.07.